The molecular weight excluding hydrogens is 618 g/mol. The summed E-state index contributed by atoms with van der Waals surface area (Å²) in [4.78, 5) is 46.5. The first-order chi connectivity index (χ1) is 11.2. The number of nitrogens with zero attached hydrogens (tertiary/aromatic N) is 5. The average molecular weight is 621 g/mol. The SMILES string of the molecule is O=[N+]([O-])Oc1ccco1.O=[N+]([O-])[O-].O=[N+]([O-])[O-].O=[N+]([O-])[O-].O=[N+]([O-])[O-].[Pu+4]. The van der Waals surface area contributed by atoms with Crippen molar-refractivity contribution in [1.82, 2.24) is 0 Å². The summed E-state index contributed by atoms with van der Waals surface area (Å²) in [7, 11) is 0. The second kappa shape index (κ2) is 23.5. The van der Waals surface area contributed by atoms with Crippen molar-refractivity contribution in [1.29, 1.82) is 0 Å². The second-order valence-corrected chi connectivity index (χ2v) is 2.14. The summed E-state index contributed by atoms with van der Waals surface area (Å²) in [6.45, 7) is 0. The predicted molar refractivity (Wildman–Crippen MR) is 67.8 cm³/mol. The summed E-state index contributed by atoms with van der Waals surface area (Å²) < 4.78 is 4.48. The third-order valence-electron chi connectivity index (χ3n) is 0.660. The molecule has 22 heteroatoms. The first-order valence-electron chi connectivity index (χ1n) is 4.34. The fourth-order valence-electron chi connectivity index (χ4n) is 0.389. The van der Waals surface area contributed by atoms with Gasteiger partial charge in [0, 0.05) is 6.07 Å². The van der Waals surface area contributed by atoms with Gasteiger partial charge in [-0.3, -0.25) is 0 Å². The Morgan fingerprint density at radius 3 is 1.12 bits per heavy atom. The Bertz CT molecular complexity index is 453. The van der Waals surface area contributed by atoms with Crippen LogP contribution in [0.5, 0.6) is 5.95 Å². The van der Waals surface area contributed by atoms with E-state index in [1.165, 1.54) is 18.4 Å². The monoisotopic (exact) mass is 615 g/mol. The maximum atomic E-state index is 9.59. The van der Waals surface area contributed by atoms with Gasteiger partial charge in [0.2, 0.25) is 0 Å². The molecule has 1 heterocycles. The molecule has 0 radical (unpaired) electrons. The zero-order valence-electron chi connectivity index (χ0n) is 11.4. The molecule has 21 nitrogen and oxygen atoms in total. The van der Waals surface area contributed by atoms with Gasteiger partial charge in [-0.1, -0.05) is 0 Å². The third kappa shape index (κ3) is 142. The third-order valence-corrected chi connectivity index (χ3v) is 0.660. The van der Waals surface area contributed by atoms with Crippen LogP contribution in [0.4, 0.5) is 0 Å². The minimum atomic E-state index is -1.75. The van der Waals surface area contributed by atoms with Gasteiger partial charge in [-0.15, -0.1) is 10.1 Å². The molecule has 26 heavy (non-hydrogen) atoms. The van der Waals surface area contributed by atoms with E-state index in [0.717, 1.165) is 0 Å². The zero-order chi connectivity index (χ0) is 21.0. The Kier molecular flexibility index (Phi) is 30.6. The topological polar surface area (TPSA) is 330 Å². The molecule has 1 aromatic heterocycles. The molecule has 0 fully saturated rings. The van der Waals surface area contributed by atoms with Crippen LogP contribution in [0.3, 0.4) is 0 Å². The fourth-order valence-corrected chi connectivity index (χ4v) is 0.389. The van der Waals surface area contributed by atoms with Gasteiger partial charge in [0.05, 0.1) is 26.6 Å². The minimum Gasteiger partial charge on any atom is -0.444 e. The van der Waals surface area contributed by atoms with E-state index < -0.39 is 25.4 Å². The van der Waals surface area contributed by atoms with Crippen LogP contribution >= 0.6 is 0 Å². The zero-order valence-corrected chi connectivity index (χ0v) is 14.8. The van der Waals surface area contributed by atoms with E-state index in [2.05, 4.69) is 9.25 Å². The van der Waals surface area contributed by atoms with Gasteiger partial charge in [0.1, 0.15) is 0 Å². The van der Waals surface area contributed by atoms with Crippen molar-refractivity contribution in [3.05, 3.63) is 89.8 Å². The van der Waals surface area contributed by atoms with E-state index in [-0.39, 0.29) is 35.1 Å². The van der Waals surface area contributed by atoms with Crippen LogP contribution < -0.4 is 4.84 Å². The van der Waals surface area contributed by atoms with Crippen molar-refractivity contribution in [3.63, 3.8) is 0 Å². The molecular formula is C4H3N5O16Pu. The van der Waals surface area contributed by atoms with E-state index >= 15 is 0 Å². The van der Waals surface area contributed by atoms with E-state index in [9.17, 15) is 10.1 Å². The molecule has 0 aliphatic carbocycles. The van der Waals surface area contributed by atoms with Crippen molar-refractivity contribution in [2.75, 3.05) is 0 Å². The number of furan rings is 1. The number of rotatable bonds is 2. The Hall–Kier alpha value is -3.73. The molecule has 0 bridgehead atoms. The molecule has 0 saturated carbocycles. The van der Waals surface area contributed by atoms with Crippen LogP contribution in [0.2, 0.25) is 0 Å². The summed E-state index contributed by atoms with van der Waals surface area (Å²) in [5.41, 5.74) is 0. The molecule has 1 rings (SSSR count). The first-order valence-corrected chi connectivity index (χ1v) is 4.34. The predicted octanol–water partition coefficient (Wildman–Crippen LogP) is -0.106. The van der Waals surface area contributed by atoms with E-state index in [0.29, 0.717) is 0 Å². The maximum Gasteiger partial charge on any atom is 4.00 e. The summed E-state index contributed by atoms with van der Waals surface area (Å²) in [6.07, 6.45) is 1.29. The number of hydrogen-bond acceptors (Lipinski definition) is 16. The van der Waals surface area contributed by atoms with Crippen LogP contribution in [-0.2, 0) is 0 Å². The van der Waals surface area contributed by atoms with Gasteiger partial charge in [-0.2, -0.15) is 0 Å². The minimum absolute atomic E-state index is 0. The van der Waals surface area contributed by atoms with E-state index in [4.69, 9.17) is 61.3 Å². The molecule has 0 atom stereocenters. The quantitative estimate of drug-likeness (QED) is 0.307. The van der Waals surface area contributed by atoms with Crippen molar-refractivity contribution in [2.45, 2.75) is 0 Å². The van der Waals surface area contributed by atoms with Crippen LogP contribution in [0.15, 0.2) is 22.8 Å². The molecule has 146 valence electrons. The van der Waals surface area contributed by atoms with Crippen molar-refractivity contribution >= 4 is 0 Å². The van der Waals surface area contributed by atoms with Gasteiger partial charge in [0.25, 0.3) is 5.95 Å². The molecule has 0 unspecified atom stereocenters. The molecule has 0 saturated heterocycles. The Morgan fingerprint density at radius 1 is 0.692 bits per heavy atom. The Balaban J connectivity index is -0.0000000752. The maximum absolute atomic E-state index is 9.59. The largest absolute Gasteiger partial charge is 4.00 e. The van der Waals surface area contributed by atoms with Crippen LogP contribution in [0, 0.1) is 101 Å². The molecule has 0 aromatic carbocycles. The average Bonchev–Trinajstić information content (AvgIpc) is 2.77. The molecule has 0 N–H and O–H groups in total. The van der Waals surface area contributed by atoms with Crippen molar-refractivity contribution < 1.29 is 63.9 Å². The van der Waals surface area contributed by atoms with Gasteiger partial charge in [-0.05, 0) is 6.07 Å². The normalized spacial score (nSPS) is 6.77. The standard InChI is InChI=1S/C4H3NO4.4NO3.Pu/c6-5(7)9-4-2-1-3-8-4;4*2-1(3)4;/h1-3H;;;;;/q;4*-1;+4. The van der Waals surface area contributed by atoms with E-state index in [1.54, 1.807) is 0 Å². The van der Waals surface area contributed by atoms with E-state index in [1.807, 2.05) is 0 Å². The molecule has 1 aromatic rings. The van der Waals surface area contributed by atoms with Crippen LogP contribution in [0.25, 0.3) is 0 Å². The first kappa shape index (κ1) is 33.8. The van der Waals surface area contributed by atoms with Crippen molar-refractivity contribution in [3.8, 4) is 5.95 Å². The Morgan fingerprint density at radius 2 is 0.962 bits per heavy atom. The van der Waals surface area contributed by atoms with Gasteiger partial charge >= 0.3 is 34.3 Å². The van der Waals surface area contributed by atoms with Crippen molar-refractivity contribution in [2.24, 2.45) is 0 Å². The smallest absolute Gasteiger partial charge is 0.444 e. The second-order valence-electron chi connectivity index (χ2n) is 2.14. The summed E-state index contributed by atoms with van der Waals surface area (Å²) in [5.74, 6) is -0.111. The summed E-state index contributed by atoms with van der Waals surface area (Å²) >= 11 is 0. The van der Waals surface area contributed by atoms with Crippen LogP contribution in [-0.4, -0.2) is 25.4 Å². The molecule has 0 aliphatic rings. The van der Waals surface area contributed by atoms with Gasteiger partial charge in [-0.25, -0.2) is 4.84 Å². The number of hydrogen-bond donors (Lipinski definition) is 0. The van der Waals surface area contributed by atoms with Gasteiger partial charge < -0.3 is 65.7 Å². The molecule has 0 spiro atoms. The summed E-state index contributed by atoms with van der Waals surface area (Å²) in [6, 6.07) is 2.85. The summed E-state index contributed by atoms with van der Waals surface area (Å²) in [5, 5.41) is 67.7. The van der Waals surface area contributed by atoms with Crippen LogP contribution in [0.1, 0.15) is 0 Å². The Labute approximate surface area is 160 Å². The van der Waals surface area contributed by atoms with Gasteiger partial charge in [0.15, 0.2) is 0 Å². The molecule has 0 aliphatic heterocycles. The fraction of sp³-hybridized carbons (Fsp3) is 0. The molecule has 0 amide bonds.